The highest BCUT2D eigenvalue weighted by Crippen LogP contribution is 2.32. The number of carbonyl (C=O) groups excluding carboxylic acids is 2. The smallest absolute Gasteiger partial charge is 0.293 e. The van der Waals surface area contributed by atoms with E-state index in [9.17, 15) is 9.59 Å². The first-order chi connectivity index (χ1) is 9.02. The summed E-state index contributed by atoms with van der Waals surface area (Å²) in [5.41, 5.74) is 6.08. The Kier molecular flexibility index (Phi) is 4.52. The number of halogens is 2. The van der Waals surface area contributed by atoms with Crippen molar-refractivity contribution in [1.29, 1.82) is 0 Å². The molecular weight excluding hydrogens is 307 g/mol. The quantitative estimate of drug-likeness (QED) is 0.871. The highest BCUT2D eigenvalue weighted by atomic mass is 35.5. The maximum atomic E-state index is 12.0. The van der Waals surface area contributed by atoms with Crippen molar-refractivity contribution in [2.45, 2.75) is 0 Å². The van der Waals surface area contributed by atoms with Crippen LogP contribution in [-0.2, 0) is 4.79 Å². The summed E-state index contributed by atoms with van der Waals surface area (Å²) in [4.78, 5) is 25.1. The second-order valence-electron chi connectivity index (χ2n) is 3.80. The fourth-order valence-corrected chi connectivity index (χ4v) is 2.75. The van der Waals surface area contributed by atoms with E-state index in [0.29, 0.717) is 20.5 Å². The number of hydrogen-bond acceptors (Lipinski definition) is 4. The first-order valence-corrected chi connectivity index (χ1v) is 7.00. The number of nitrogens with zero attached hydrogens (tertiary/aromatic N) is 1. The molecule has 1 saturated heterocycles. The second kappa shape index (κ2) is 5.96. The van der Waals surface area contributed by atoms with Gasteiger partial charge in [0.1, 0.15) is 0 Å². The number of imide groups is 1. The van der Waals surface area contributed by atoms with Crippen molar-refractivity contribution < 1.29 is 9.59 Å². The lowest BCUT2D eigenvalue weighted by Crippen LogP contribution is -2.33. The molecule has 1 fully saturated rings. The monoisotopic (exact) mass is 316 g/mol. The molecule has 0 radical (unpaired) electrons. The molecule has 2 N–H and O–H groups in total. The third-order valence-electron chi connectivity index (χ3n) is 2.47. The predicted octanol–water partition coefficient (Wildman–Crippen LogP) is 2.99. The topological polar surface area (TPSA) is 63.4 Å². The molecule has 0 aromatic heterocycles. The minimum atomic E-state index is -0.327. The zero-order valence-corrected chi connectivity index (χ0v) is 12.1. The zero-order chi connectivity index (χ0) is 14.0. The molecule has 4 nitrogen and oxygen atoms in total. The van der Waals surface area contributed by atoms with Gasteiger partial charge in [-0.2, -0.15) is 0 Å². The van der Waals surface area contributed by atoms with Crippen LogP contribution in [0.2, 0.25) is 10.0 Å². The minimum Gasteiger partial charge on any atom is -0.329 e. The van der Waals surface area contributed by atoms with Crippen molar-refractivity contribution in [3.8, 4) is 0 Å². The van der Waals surface area contributed by atoms with Crippen LogP contribution in [0.1, 0.15) is 5.56 Å². The van der Waals surface area contributed by atoms with Gasteiger partial charge in [-0.25, -0.2) is 0 Å². The van der Waals surface area contributed by atoms with Gasteiger partial charge in [0.25, 0.3) is 11.1 Å². The Morgan fingerprint density at radius 1 is 1.26 bits per heavy atom. The Labute approximate surface area is 124 Å². The van der Waals surface area contributed by atoms with Gasteiger partial charge in [0.2, 0.25) is 0 Å². The van der Waals surface area contributed by atoms with E-state index in [-0.39, 0.29) is 24.2 Å². The van der Waals surface area contributed by atoms with Gasteiger partial charge in [0.15, 0.2) is 0 Å². The minimum absolute atomic E-state index is 0.226. The number of carbonyl (C=O) groups is 2. The van der Waals surface area contributed by atoms with Gasteiger partial charge < -0.3 is 5.73 Å². The lowest BCUT2D eigenvalue weighted by atomic mass is 10.2. The van der Waals surface area contributed by atoms with Gasteiger partial charge in [-0.3, -0.25) is 14.5 Å². The summed E-state index contributed by atoms with van der Waals surface area (Å²) in [7, 11) is 0. The fourth-order valence-electron chi connectivity index (χ4n) is 1.58. The average Bonchev–Trinajstić information content (AvgIpc) is 2.62. The van der Waals surface area contributed by atoms with E-state index in [4.69, 9.17) is 28.9 Å². The van der Waals surface area contributed by atoms with Crippen molar-refractivity contribution in [3.05, 3.63) is 38.7 Å². The summed E-state index contributed by atoms with van der Waals surface area (Å²) in [5, 5.41) is 0.536. The van der Waals surface area contributed by atoms with Crippen molar-refractivity contribution in [1.82, 2.24) is 4.90 Å². The lowest BCUT2D eigenvalue weighted by molar-refractivity contribution is -0.122. The van der Waals surface area contributed by atoms with Crippen LogP contribution >= 0.6 is 35.0 Å². The number of rotatable bonds is 3. The van der Waals surface area contributed by atoms with E-state index in [1.165, 1.54) is 0 Å². The molecule has 0 aliphatic carbocycles. The summed E-state index contributed by atoms with van der Waals surface area (Å²) in [6.45, 7) is 0.474. The molecule has 0 unspecified atom stereocenters. The molecule has 100 valence electrons. The Balaban J connectivity index is 2.27. The first-order valence-electron chi connectivity index (χ1n) is 5.43. The van der Waals surface area contributed by atoms with E-state index in [2.05, 4.69) is 0 Å². The summed E-state index contributed by atoms with van der Waals surface area (Å²) in [6.07, 6.45) is 1.61. The fraction of sp³-hybridized carbons (Fsp3) is 0.167. The van der Waals surface area contributed by atoms with Crippen LogP contribution in [0.3, 0.4) is 0 Å². The maximum absolute atomic E-state index is 12.0. The number of benzene rings is 1. The highest BCUT2D eigenvalue weighted by molar-refractivity contribution is 8.18. The SMILES string of the molecule is NCCN1C(=O)SC(=Cc2ccc(Cl)c(Cl)c2)C1=O. The van der Waals surface area contributed by atoms with E-state index < -0.39 is 0 Å². The van der Waals surface area contributed by atoms with Crippen molar-refractivity contribution >= 4 is 52.2 Å². The van der Waals surface area contributed by atoms with Gasteiger partial charge in [-0.05, 0) is 35.5 Å². The molecule has 1 aromatic carbocycles. The Morgan fingerprint density at radius 2 is 2.00 bits per heavy atom. The first kappa shape index (κ1) is 14.4. The maximum Gasteiger partial charge on any atom is 0.293 e. The van der Waals surface area contributed by atoms with Crippen LogP contribution in [0.15, 0.2) is 23.1 Å². The Morgan fingerprint density at radius 3 is 2.63 bits per heavy atom. The third-order valence-corrected chi connectivity index (χ3v) is 4.11. The van der Waals surface area contributed by atoms with Crippen LogP contribution in [0.5, 0.6) is 0 Å². The van der Waals surface area contributed by atoms with E-state index in [1.807, 2.05) is 0 Å². The van der Waals surface area contributed by atoms with Crippen LogP contribution in [-0.4, -0.2) is 29.1 Å². The van der Waals surface area contributed by atoms with Crippen LogP contribution in [0.25, 0.3) is 6.08 Å². The molecule has 1 aliphatic heterocycles. The molecule has 0 bridgehead atoms. The standard InChI is InChI=1S/C12H10Cl2N2O2S/c13-8-2-1-7(5-9(8)14)6-10-11(17)16(4-3-15)12(18)19-10/h1-2,5-6H,3-4,15H2. The summed E-state index contributed by atoms with van der Waals surface area (Å²) in [5.74, 6) is -0.327. The van der Waals surface area contributed by atoms with Gasteiger partial charge in [0, 0.05) is 13.1 Å². The molecule has 0 atom stereocenters. The molecule has 0 saturated carbocycles. The number of nitrogens with two attached hydrogens (primary N) is 1. The molecule has 0 spiro atoms. The summed E-state index contributed by atoms with van der Waals surface area (Å²) < 4.78 is 0. The van der Waals surface area contributed by atoms with Crippen LogP contribution in [0.4, 0.5) is 4.79 Å². The second-order valence-corrected chi connectivity index (χ2v) is 5.60. The molecule has 2 rings (SSSR count). The average molecular weight is 317 g/mol. The molecular formula is C12H10Cl2N2O2S. The van der Waals surface area contributed by atoms with Gasteiger partial charge in [-0.1, -0.05) is 29.3 Å². The van der Waals surface area contributed by atoms with E-state index in [1.54, 1.807) is 24.3 Å². The normalized spacial score (nSPS) is 17.6. The summed E-state index contributed by atoms with van der Waals surface area (Å²) in [6, 6.07) is 5.01. The van der Waals surface area contributed by atoms with Crippen LogP contribution in [0, 0.1) is 0 Å². The summed E-state index contributed by atoms with van der Waals surface area (Å²) >= 11 is 12.6. The van der Waals surface area contributed by atoms with Gasteiger partial charge >= 0.3 is 0 Å². The number of amides is 2. The third kappa shape index (κ3) is 3.12. The Hall–Kier alpha value is -1.01. The molecule has 19 heavy (non-hydrogen) atoms. The van der Waals surface area contributed by atoms with Crippen molar-refractivity contribution in [3.63, 3.8) is 0 Å². The van der Waals surface area contributed by atoms with E-state index >= 15 is 0 Å². The van der Waals surface area contributed by atoms with E-state index in [0.717, 1.165) is 16.7 Å². The Bertz CT molecular complexity index is 575. The molecule has 2 amide bonds. The largest absolute Gasteiger partial charge is 0.329 e. The lowest BCUT2D eigenvalue weighted by Gasteiger charge is -2.09. The molecule has 1 aliphatic rings. The predicted molar refractivity (Wildman–Crippen MR) is 78.2 cm³/mol. The highest BCUT2D eigenvalue weighted by Gasteiger charge is 2.34. The number of hydrogen-bond donors (Lipinski definition) is 1. The molecule has 1 heterocycles. The number of thioether (sulfide) groups is 1. The van der Waals surface area contributed by atoms with Crippen LogP contribution < -0.4 is 5.73 Å². The molecule has 1 aromatic rings. The van der Waals surface area contributed by atoms with Crippen molar-refractivity contribution in [2.75, 3.05) is 13.1 Å². The van der Waals surface area contributed by atoms with Crippen molar-refractivity contribution in [2.24, 2.45) is 5.73 Å². The molecule has 7 heteroatoms. The zero-order valence-electron chi connectivity index (χ0n) is 9.73. The van der Waals surface area contributed by atoms with Gasteiger partial charge in [0.05, 0.1) is 15.0 Å². The van der Waals surface area contributed by atoms with Gasteiger partial charge in [-0.15, -0.1) is 0 Å².